The fourth-order valence-electron chi connectivity index (χ4n) is 2.69. The number of piperidine rings is 1. The molecule has 1 heterocycles. The number of benzene rings is 1. The summed E-state index contributed by atoms with van der Waals surface area (Å²) in [7, 11) is 0. The van der Waals surface area contributed by atoms with E-state index in [2.05, 4.69) is 5.32 Å². The number of rotatable bonds is 5. The van der Waals surface area contributed by atoms with E-state index in [1.165, 1.54) is 25.0 Å². The van der Waals surface area contributed by atoms with Gasteiger partial charge in [0, 0.05) is 13.1 Å². The van der Waals surface area contributed by atoms with Crippen LogP contribution >= 0.6 is 0 Å². The van der Waals surface area contributed by atoms with Crippen LogP contribution in [0, 0.1) is 11.7 Å². The number of hydrogen-bond donors (Lipinski definition) is 1. The number of amides is 1. The summed E-state index contributed by atoms with van der Waals surface area (Å²) in [5.74, 6) is 0.423. The zero-order valence-corrected chi connectivity index (χ0v) is 12.1. The van der Waals surface area contributed by atoms with E-state index >= 15 is 0 Å². The van der Waals surface area contributed by atoms with E-state index in [-0.39, 0.29) is 11.7 Å². The lowest BCUT2D eigenvalue weighted by molar-refractivity contribution is -0.131. The molecule has 2 rings (SSSR count). The van der Waals surface area contributed by atoms with Gasteiger partial charge in [0.05, 0.1) is 6.42 Å². The summed E-state index contributed by atoms with van der Waals surface area (Å²) in [6, 6.07) is 6.18. The molecule has 0 spiro atoms. The first kappa shape index (κ1) is 15.0. The summed E-state index contributed by atoms with van der Waals surface area (Å²) in [6.07, 6.45) is 2.73. The number of halogens is 1. The molecule has 0 aromatic heterocycles. The highest BCUT2D eigenvalue weighted by Gasteiger charge is 2.19. The Balaban J connectivity index is 1.89. The van der Waals surface area contributed by atoms with Crippen LogP contribution in [0.15, 0.2) is 24.3 Å². The molecule has 1 N–H and O–H groups in total. The summed E-state index contributed by atoms with van der Waals surface area (Å²) in [5.41, 5.74) is 0.872. The van der Waals surface area contributed by atoms with Gasteiger partial charge in [0.15, 0.2) is 0 Å². The van der Waals surface area contributed by atoms with Crippen molar-refractivity contribution in [3.8, 4) is 0 Å². The van der Waals surface area contributed by atoms with Crippen molar-refractivity contribution in [3.63, 3.8) is 0 Å². The van der Waals surface area contributed by atoms with Gasteiger partial charge in [-0.25, -0.2) is 4.39 Å². The lowest BCUT2D eigenvalue weighted by Gasteiger charge is -2.29. The molecule has 4 heteroatoms. The zero-order valence-electron chi connectivity index (χ0n) is 12.1. The monoisotopic (exact) mass is 278 g/mol. The first-order chi connectivity index (χ1) is 9.69. The molecule has 1 aromatic carbocycles. The number of hydrogen-bond acceptors (Lipinski definition) is 2. The molecule has 1 amide bonds. The van der Waals surface area contributed by atoms with Gasteiger partial charge >= 0.3 is 0 Å². The second kappa shape index (κ2) is 7.39. The van der Waals surface area contributed by atoms with E-state index in [1.54, 1.807) is 12.1 Å². The Bertz CT molecular complexity index is 427. The van der Waals surface area contributed by atoms with Crippen LogP contribution in [0.3, 0.4) is 0 Å². The quantitative estimate of drug-likeness (QED) is 0.895. The van der Waals surface area contributed by atoms with Gasteiger partial charge in [-0.1, -0.05) is 12.1 Å². The van der Waals surface area contributed by atoms with E-state index in [9.17, 15) is 9.18 Å². The average molecular weight is 278 g/mol. The highest BCUT2D eigenvalue weighted by Crippen LogP contribution is 2.13. The molecule has 1 aliphatic heterocycles. The predicted molar refractivity (Wildman–Crippen MR) is 78.0 cm³/mol. The largest absolute Gasteiger partial charge is 0.342 e. The van der Waals surface area contributed by atoms with Crippen LogP contribution in [-0.2, 0) is 11.2 Å². The normalized spacial score (nSPS) is 18.8. The second-order valence-corrected chi connectivity index (χ2v) is 5.45. The third-order valence-corrected chi connectivity index (χ3v) is 3.88. The Morgan fingerprint density at radius 1 is 1.40 bits per heavy atom. The van der Waals surface area contributed by atoms with Crippen molar-refractivity contribution in [2.45, 2.75) is 26.2 Å². The lowest BCUT2D eigenvalue weighted by atomic mass is 9.99. The summed E-state index contributed by atoms with van der Waals surface area (Å²) >= 11 is 0. The van der Waals surface area contributed by atoms with Crippen LogP contribution in [0.2, 0.25) is 0 Å². The van der Waals surface area contributed by atoms with Crippen molar-refractivity contribution >= 4 is 5.91 Å². The third-order valence-electron chi connectivity index (χ3n) is 3.88. The van der Waals surface area contributed by atoms with Crippen LogP contribution < -0.4 is 5.32 Å². The maximum atomic E-state index is 12.9. The Morgan fingerprint density at radius 2 is 2.15 bits per heavy atom. The molecule has 0 aliphatic carbocycles. The van der Waals surface area contributed by atoms with Crippen molar-refractivity contribution in [1.29, 1.82) is 0 Å². The van der Waals surface area contributed by atoms with Crippen LogP contribution in [0.4, 0.5) is 4.39 Å². The van der Waals surface area contributed by atoms with E-state index < -0.39 is 0 Å². The standard InChI is InChI=1S/C16H23FN2O/c1-2-19(12-14-4-3-9-18-11-14)16(20)10-13-5-7-15(17)8-6-13/h5-8,14,18H,2-4,9-12H2,1H3. The molecule has 0 saturated carbocycles. The zero-order chi connectivity index (χ0) is 14.4. The summed E-state index contributed by atoms with van der Waals surface area (Å²) in [6.45, 7) is 5.66. The number of likely N-dealkylation sites (N-methyl/N-ethyl adjacent to an activating group) is 1. The molecule has 0 radical (unpaired) electrons. The molecule has 0 bridgehead atoms. The molecule has 1 unspecified atom stereocenters. The Labute approximate surface area is 120 Å². The maximum Gasteiger partial charge on any atom is 0.226 e. The topological polar surface area (TPSA) is 32.3 Å². The molecule has 1 aromatic rings. The van der Waals surface area contributed by atoms with Crippen molar-refractivity contribution in [2.24, 2.45) is 5.92 Å². The third kappa shape index (κ3) is 4.30. The van der Waals surface area contributed by atoms with E-state index in [0.29, 0.717) is 12.3 Å². The Hall–Kier alpha value is -1.42. The van der Waals surface area contributed by atoms with Gasteiger partial charge < -0.3 is 10.2 Å². The van der Waals surface area contributed by atoms with Gasteiger partial charge in [-0.2, -0.15) is 0 Å². The second-order valence-electron chi connectivity index (χ2n) is 5.45. The van der Waals surface area contributed by atoms with E-state index in [1.807, 2.05) is 11.8 Å². The first-order valence-electron chi connectivity index (χ1n) is 7.42. The molecule has 1 aliphatic rings. The van der Waals surface area contributed by atoms with Gasteiger partial charge in [0.1, 0.15) is 5.82 Å². The predicted octanol–water partition coefficient (Wildman–Crippen LogP) is 2.22. The highest BCUT2D eigenvalue weighted by molar-refractivity contribution is 5.78. The number of nitrogens with zero attached hydrogens (tertiary/aromatic N) is 1. The van der Waals surface area contributed by atoms with E-state index in [4.69, 9.17) is 0 Å². The van der Waals surface area contributed by atoms with Gasteiger partial charge in [-0.3, -0.25) is 4.79 Å². The van der Waals surface area contributed by atoms with Crippen LogP contribution in [0.5, 0.6) is 0 Å². The minimum Gasteiger partial charge on any atom is -0.342 e. The molecule has 1 atom stereocenters. The van der Waals surface area contributed by atoms with Crippen LogP contribution in [0.1, 0.15) is 25.3 Å². The molecule has 110 valence electrons. The highest BCUT2D eigenvalue weighted by atomic mass is 19.1. The lowest BCUT2D eigenvalue weighted by Crippen LogP contribution is -2.41. The molecule has 20 heavy (non-hydrogen) atoms. The van der Waals surface area contributed by atoms with Gasteiger partial charge in [0.2, 0.25) is 5.91 Å². The summed E-state index contributed by atoms with van der Waals surface area (Å²) < 4.78 is 12.9. The van der Waals surface area contributed by atoms with Gasteiger partial charge in [-0.15, -0.1) is 0 Å². The van der Waals surface area contributed by atoms with Crippen molar-refractivity contribution in [3.05, 3.63) is 35.6 Å². The van der Waals surface area contributed by atoms with Crippen molar-refractivity contribution in [2.75, 3.05) is 26.2 Å². The molecular weight excluding hydrogens is 255 g/mol. The first-order valence-corrected chi connectivity index (χ1v) is 7.42. The SMILES string of the molecule is CCN(CC1CCCNC1)C(=O)Cc1ccc(F)cc1. The number of carbonyl (C=O) groups excluding carboxylic acids is 1. The van der Waals surface area contributed by atoms with Crippen molar-refractivity contribution < 1.29 is 9.18 Å². The van der Waals surface area contributed by atoms with Crippen LogP contribution in [0.25, 0.3) is 0 Å². The fraction of sp³-hybridized carbons (Fsp3) is 0.562. The number of carbonyl (C=O) groups is 1. The fourth-order valence-corrected chi connectivity index (χ4v) is 2.69. The maximum absolute atomic E-state index is 12.9. The van der Waals surface area contributed by atoms with Gasteiger partial charge in [-0.05, 0) is 56.5 Å². The number of nitrogens with one attached hydrogen (secondary N) is 1. The molecule has 1 saturated heterocycles. The average Bonchev–Trinajstić information content (AvgIpc) is 2.48. The molecule has 3 nitrogen and oxygen atoms in total. The smallest absolute Gasteiger partial charge is 0.226 e. The summed E-state index contributed by atoms with van der Waals surface area (Å²) in [5, 5.41) is 3.38. The minimum atomic E-state index is -0.262. The molecular formula is C16H23FN2O. The Kier molecular flexibility index (Phi) is 5.53. The molecule has 1 fully saturated rings. The van der Waals surface area contributed by atoms with Crippen molar-refractivity contribution in [1.82, 2.24) is 10.2 Å². The van der Waals surface area contributed by atoms with Gasteiger partial charge in [0.25, 0.3) is 0 Å². The summed E-state index contributed by atoms with van der Waals surface area (Å²) in [4.78, 5) is 14.2. The Morgan fingerprint density at radius 3 is 2.75 bits per heavy atom. The van der Waals surface area contributed by atoms with Crippen LogP contribution in [-0.4, -0.2) is 37.0 Å². The minimum absolute atomic E-state index is 0.129. The van der Waals surface area contributed by atoms with E-state index in [0.717, 1.165) is 31.7 Å².